The minimum atomic E-state index is -0.969. The molecule has 0 saturated heterocycles. The average Bonchev–Trinajstić information content (AvgIpc) is 2.78. The molecule has 0 aliphatic carbocycles. The Morgan fingerprint density at radius 2 is 1.55 bits per heavy atom. The summed E-state index contributed by atoms with van der Waals surface area (Å²) in [4.78, 5) is 36.9. The summed E-state index contributed by atoms with van der Waals surface area (Å²) in [5, 5.41) is 13.8. The molecule has 0 heterocycles. The Morgan fingerprint density at radius 1 is 0.935 bits per heavy atom. The molecular weight excluding hydrogens is 396 g/mol. The monoisotopic (exact) mass is 422 g/mol. The zero-order valence-corrected chi connectivity index (χ0v) is 17.1. The fourth-order valence-electron chi connectivity index (χ4n) is 2.91. The van der Waals surface area contributed by atoms with Crippen molar-refractivity contribution in [3.63, 3.8) is 0 Å². The average molecular weight is 422 g/mol. The summed E-state index contributed by atoms with van der Waals surface area (Å²) in [6, 6.07) is 18.4. The van der Waals surface area contributed by atoms with Crippen LogP contribution in [-0.2, 0) is 27.4 Å². The number of carbonyl (C=O) groups is 3. The van der Waals surface area contributed by atoms with Crippen molar-refractivity contribution < 1.29 is 19.1 Å². The molecule has 0 fully saturated rings. The molecule has 0 bridgehead atoms. The number of rotatable bonds is 11. The number of benzene rings is 2. The molecule has 2 aromatic carbocycles. The Morgan fingerprint density at radius 3 is 2.13 bits per heavy atom. The SMILES string of the molecule is N#CCCC[C@@H](NC(=O)[C@@H](Cc1ccccc1)NC(=O)OCc1ccccc1)C(N)=O. The first-order valence-corrected chi connectivity index (χ1v) is 9.97. The molecule has 0 radical (unpaired) electrons. The molecule has 0 aliphatic rings. The van der Waals surface area contributed by atoms with E-state index in [2.05, 4.69) is 10.6 Å². The number of ether oxygens (including phenoxy) is 1. The second-order valence-corrected chi connectivity index (χ2v) is 6.96. The van der Waals surface area contributed by atoms with Crippen LogP contribution in [0.2, 0.25) is 0 Å². The third kappa shape index (κ3) is 8.58. The highest BCUT2D eigenvalue weighted by Crippen LogP contribution is 2.07. The van der Waals surface area contributed by atoms with E-state index >= 15 is 0 Å². The van der Waals surface area contributed by atoms with Crippen LogP contribution >= 0.6 is 0 Å². The van der Waals surface area contributed by atoms with Gasteiger partial charge in [0, 0.05) is 12.8 Å². The van der Waals surface area contributed by atoms with E-state index in [0.29, 0.717) is 6.42 Å². The second-order valence-electron chi connectivity index (χ2n) is 6.96. The van der Waals surface area contributed by atoms with Crippen LogP contribution in [0.3, 0.4) is 0 Å². The summed E-state index contributed by atoms with van der Waals surface area (Å²) in [5.74, 6) is -1.25. The highest BCUT2D eigenvalue weighted by Gasteiger charge is 2.26. The fourth-order valence-corrected chi connectivity index (χ4v) is 2.91. The van der Waals surface area contributed by atoms with E-state index in [-0.39, 0.29) is 25.9 Å². The van der Waals surface area contributed by atoms with E-state index in [0.717, 1.165) is 11.1 Å². The first-order chi connectivity index (χ1) is 15.0. The number of unbranched alkanes of at least 4 members (excludes halogenated alkanes) is 1. The number of nitrogens with one attached hydrogen (secondary N) is 2. The normalized spacial score (nSPS) is 12.1. The molecule has 3 amide bonds. The Hall–Kier alpha value is -3.86. The first kappa shape index (κ1) is 23.4. The van der Waals surface area contributed by atoms with Gasteiger partial charge in [0.25, 0.3) is 0 Å². The number of primary amides is 1. The Balaban J connectivity index is 2.04. The Bertz CT molecular complexity index is 897. The van der Waals surface area contributed by atoms with E-state index < -0.39 is 30.0 Å². The summed E-state index contributed by atoms with van der Waals surface area (Å²) in [6.07, 6.45) is 0.361. The number of alkyl carbamates (subject to hydrolysis) is 1. The third-order valence-electron chi connectivity index (χ3n) is 4.55. The van der Waals surface area contributed by atoms with Crippen LogP contribution < -0.4 is 16.4 Å². The van der Waals surface area contributed by atoms with E-state index in [4.69, 9.17) is 15.7 Å². The van der Waals surface area contributed by atoms with Crippen LogP contribution in [0.15, 0.2) is 60.7 Å². The van der Waals surface area contributed by atoms with Crippen molar-refractivity contribution in [1.29, 1.82) is 5.26 Å². The summed E-state index contributed by atoms with van der Waals surface area (Å²) < 4.78 is 5.22. The Labute approximate surface area is 181 Å². The lowest BCUT2D eigenvalue weighted by Crippen LogP contribution is -2.53. The minimum absolute atomic E-state index is 0.0599. The number of hydrogen-bond donors (Lipinski definition) is 3. The zero-order chi connectivity index (χ0) is 22.5. The predicted molar refractivity (Wildman–Crippen MR) is 114 cm³/mol. The van der Waals surface area contributed by atoms with Gasteiger partial charge in [0.15, 0.2) is 0 Å². The molecule has 0 saturated carbocycles. The lowest BCUT2D eigenvalue weighted by molar-refractivity contribution is -0.128. The van der Waals surface area contributed by atoms with Gasteiger partial charge in [-0.05, 0) is 24.0 Å². The van der Waals surface area contributed by atoms with Crippen molar-refractivity contribution in [3.8, 4) is 6.07 Å². The minimum Gasteiger partial charge on any atom is -0.445 e. The molecule has 8 nitrogen and oxygen atoms in total. The summed E-state index contributed by atoms with van der Waals surface area (Å²) in [6.45, 7) is 0.0599. The van der Waals surface area contributed by atoms with Crippen LogP contribution in [0.25, 0.3) is 0 Å². The van der Waals surface area contributed by atoms with Gasteiger partial charge in [0.2, 0.25) is 11.8 Å². The highest BCUT2D eigenvalue weighted by molar-refractivity contribution is 5.90. The molecule has 0 unspecified atom stereocenters. The van der Waals surface area contributed by atoms with Gasteiger partial charge in [-0.1, -0.05) is 60.7 Å². The van der Waals surface area contributed by atoms with Crippen molar-refractivity contribution in [3.05, 3.63) is 71.8 Å². The molecular formula is C23H26N4O4. The van der Waals surface area contributed by atoms with E-state index in [1.165, 1.54) is 0 Å². The molecule has 8 heteroatoms. The van der Waals surface area contributed by atoms with Gasteiger partial charge in [-0.15, -0.1) is 0 Å². The second kappa shape index (κ2) is 12.6. The van der Waals surface area contributed by atoms with Crippen LogP contribution in [0, 0.1) is 11.3 Å². The molecule has 31 heavy (non-hydrogen) atoms. The van der Waals surface area contributed by atoms with Gasteiger partial charge in [0.05, 0.1) is 6.07 Å². The van der Waals surface area contributed by atoms with E-state index in [9.17, 15) is 14.4 Å². The predicted octanol–water partition coefficient (Wildman–Crippen LogP) is 2.19. The number of nitrogens with zero attached hydrogens (tertiary/aromatic N) is 1. The van der Waals surface area contributed by atoms with Gasteiger partial charge in [0.1, 0.15) is 18.7 Å². The van der Waals surface area contributed by atoms with Gasteiger partial charge in [-0.25, -0.2) is 4.79 Å². The number of amides is 3. The lowest BCUT2D eigenvalue weighted by atomic mass is 10.0. The van der Waals surface area contributed by atoms with Crippen molar-refractivity contribution >= 4 is 17.9 Å². The van der Waals surface area contributed by atoms with Crippen molar-refractivity contribution in [2.75, 3.05) is 0 Å². The van der Waals surface area contributed by atoms with Crippen molar-refractivity contribution in [2.45, 2.75) is 44.4 Å². The maximum absolute atomic E-state index is 12.9. The molecule has 0 spiro atoms. The fraction of sp³-hybridized carbons (Fsp3) is 0.304. The number of nitrogens with two attached hydrogens (primary N) is 1. The first-order valence-electron chi connectivity index (χ1n) is 9.97. The summed E-state index contributed by atoms with van der Waals surface area (Å²) in [7, 11) is 0. The largest absolute Gasteiger partial charge is 0.445 e. The Kier molecular flexibility index (Phi) is 9.56. The van der Waals surface area contributed by atoms with Crippen molar-refractivity contribution in [2.24, 2.45) is 5.73 Å². The molecule has 162 valence electrons. The van der Waals surface area contributed by atoms with Gasteiger partial charge in [-0.3, -0.25) is 9.59 Å². The number of carbonyl (C=O) groups excluding carboxylic acids is 3. The summed E-state index contributed by atoms with van der Waals surface area (Å²) >= 11 is 0. The van der Waals surface area contributed by atoms with Gasteiger partial charge >= 0.3 is 6.09 Å². The smallest absolute Gasteiger partial charge is 0.408 e. The summed E-state index contributed by atoms with van der Waals surface area (Å²) in [5.41, 5.74) is 7.02. The van der Waals surface area contributed by atoms with Crippen LogP contribution in [0.1, 0.15) is 30.4 Å². The number of nitriles is 1. The maximum Gasteiger partial charge on any atom is 0.408 e. The molecule has 2 rings (SSSR count). The van der Waals surface area contributed by atoms with Gasteiger partial charge < -0.3 is 21.1 Å². The van der Waals surface area contributed by atoms with Crippen LogP contribution in [0.4, 0.5) is 4.79 Å². The maximum atomic E-state index is 12.9. The zero-order valence-electron chi connectivity index (χ0n) is 17.1. The van der Waals surface area contributed by atoms with Crippen LogP contribution in [-0.4, -0.2) is 30.0 Å². The van der Waals surface area contributed by atoms with E-state index in [1.54, 1.807) is 0 Å². The van der Waals surface area contributed by atoms with Gasteiger partial charge in [-0.2, -0.15) is 5.26 Å². The topological polar surface area (TPSA) is 134 Å². The standard InChI is InChI=1S/C23H26N4O4/c24-14-8-7-13-19(21(25)28)26-22(29)20(15-17-9-3-1-4-10-17)27-23(30)31-16-18-11-5-2-6-12-18/h1-6,9-12,19-20H,7-8,13,15-16H2,(H2,25,28)(H,26,29)(H,27,30)/t19-,20-/m1/s1. The third-order valence-corrected chi connectivity index (χ3v) is 4.55. The molecule has 4 N–H and O–H groups in total. The lowest BCUT2D eigenvalue weighted by Gasteiger charge is -2.22. The molecule has 0 aliphatic heterocycles. The van der Waals surface area contributed by atoms with E-state index in [1.807, 2.05) is 66.7 Å². The van der Waals surface area contributed by atoms with Crippen LogP contribution in [0.5, 0.6) is 0 Å². The van der Waals surface area contributed by atoms with Crippen molar-refractivity contribution in [1.82, 2.24) is 10.6 Å². The number of hydrogen-bond acceptors (Lipinski definition) is 5. The quantitative estimate of drug-likeness (QED) is 0.477. The molecule has 2 aromatic rings. The molecule has 2 atom stereocenters. The highest BCUT2D eigenvalue weighted by atomic mass is 16.5. The molecule has 0 aromatic heterocycles.